The Morgan fingerprint density at radius 2 is 1.63 bits per heavy atom. The van der Waals surface area contributed by atoms with Crippen molar-refractivity contribution in [2.75, 3.05) is 65.2 Å². The third-order valence-electron chi connectivity index (χ3n) is 4.95. The third kappa shape index (κ3) is 5.77. The first-order valence-corrected chi connectivity index (χ1v) is 12.7. The van der Waals surface area contributed by atoms with Gasteiger partial charge in [-0.15, -0.1) is 0 Å². The molecule has 12 heteroatoms. The minimum atomic E-state index is -3.59. The number of carbonyl (C=O) groups is 1. The number of amides is 1. The molecule has 1 fully saturated rings. The molecule has 2 rings (SSSR count). The molecule has 0 radical (unpaired) electrons. The summed E-state index contributed by atoms with van der Waals surface area (Å²) in [5, 5.41) is 2.71. The summed E-state index contributed by atoms with van der Waals surface area (Å²) in [5.74, 6) is -0.283. The number of sulfonamides is 1. The van der Waals surface area contributed by atoms with Crippen LogP contribution in [-0.4, -0.2) is 100 Å². The van der Waals surface area contributed by atoms with Crippen molar-refractivity contribution in [3.8, 4) is 0 Å². The number of piperazine rings is 1. The van der Waals surface area contributed by atoms with Gasteiger partial charge in [0.05, 0.1) is 11.4 Å². The second kappa shape index (κ2) is 10.2. The van der Waals surface area contributed by atoms with Gasteiger partial charge in [-0.05, 0) is 18.2 Å². The van der Waals surface area contributed by atoms with Gasteiger partial charge in [0.1, 0.15) is 0 Å². The van der Waals surface area contributed by atoms with E-state index in [1.807, 2.05) is 4.90 Å². The Labute approximate surface area is 179 Å². The summed E-state index contributed by atoms with van der Waals surface area (Å²) in [6.45, 7) is 6.09. The highest BCUT2D eigenvalue weighted by Crippen LogP contribution is 2.18. The van der Waals surface area contributed by atoms with Crippen molar-refractivity contribution < 1.29 is 21.6 Å². The van der Waals surface area contributed by atoms with Crippen LogP contribution in [0.3, 0.4) is 0 Å². The zero-order valence-corrected chi connectivity index (χ0v) is 19.5. The van der Waals surface area contributed by atoms with E-state index in [2.05, 4.69) is 5.32 Å². The summed E-state index contributed by atoms with van der Waals surface area (Å²) in [6.07, 6.45) is 0. The minimum Gasteiger partial charge on any atom is -0.325 e. The average molecular weight is 462 g/mol. The van der Waals surface area contributed by atoms with Crippen LogP contribution in [0.15, 0.2) is 29.2 Å². The molecule has 1 saturated heterocycles. The lowest BCUT2D eigenvalue weighted by Gasteiger charge is -2.35. The molecule has 1 N–H and O–H groups in total. The van der Waals surface area contributed by atoms with Crippen LogP contribution < -0.4 is 5.32 Å². The summed E-state index contributed by atoms with van der Waals surface area (Å²) in [5.41, 5.74) is 0.394. The maximum absolute atomic E-state index is 12.6. The Kier molecular flexibility index (Phi) is 8.36. The number of nitrogens with zero attached hydrogens (tertiary/aromatic N) is 4. The van der Waals surface area contributed by atoms with E-state index < -0.39 is 20.2 Å². The highest BCUT2D eigenvalue weighted by Gasteiger charge is 2.31. The number of hydrogen-bond acceptors (Lipinski definition) is 6. The van der Waals surface area contributed by atoms with Gasteiger partial charge in [-0.25, -0.2) is 12.7 Å². The lowest BCUT2D eigenvalue weighted by Crippen LogP contribution is -2.54. The van der Waals surface area contributed by atoms with Crippen LogP contribution in [0.25, 0.3) is 0 Å². The maximum Gasteiger partial charge on any atom is 0.282 e. The van der Waals surface area contributed by atoms with E-state index in [0.29, 0.717) is 45.0 Å². The van der Waals surface area contributed by atoms with Gasteiger partial charge in [0.25, 0.3) is 10.2 Å². The van der Waals surface area contributed by atoms with Crippen LogP contribution in [0.1, 0.15) is 13.8 Å². The molecule has 1 aliphatic rings. The van der Waals surface area contributed by atoms with Crippen molar-refractivity contribution in [1.82, 2.24) is 17.8 Å². The molecule has 1 aliphatic heterocycles. The largest absolute Gasteiger partial charge is 0.325 e. The lowest BCUT2D eigenvalue weighted by molar-refractivity contribution is -0.117. The summed E-state index contributed by atoms with van der Waals surface area (Å²) in [4.78, 5) is 14.4. The van der Waals surface area contributed by atoms with Crippen LogP contribution >= 0.6 is 0 Å². The molecular weight excluding hydrogens is 430 g/mol. The predicted octanol–water partition coefficient (Wildman–Crippen LogP) is 0.0796. The maximum atomic E-state index is 12.6. The highest BCUT2D eigenvalue weighted by molar-refractivity contribution is 7.89. The van der Waals surface area contributed by atoms with Crippen molar-refractivity contribution in [2.45, 2.75) is 18.7 Å². The van der Waals surface area contributed by atoms with E-state index in [1.165, 1.54) is 34.8 Å². The van der Waals surface area contributed by atoms with Gasteiger partial charge in [0.15, 0.2) is 0 Å². The SMILES string of the molecule is CCN(CC)S(=O)(=O)N1CCN(CC(=O)Nc2cccc(S(=O)(=O)N(C)C)c2)CC1. The smallest absolute Gasteiger partial charge is 0.282 e. The molecule has 0 aliphatic carbocycles. The van der Waals surface area contributed by atoms with E-state index in [-0.39, 0.29) is 17.3 Å². The van der Waals surface area contributed by atoms with Crippen LogP contribution in [0, 0.1) is 0 Å². The topological polar surface area (TPSA) is 110 Å². The zero-order chi connectivity index (χ0) is 22.5. The molecule has 10 nitrogen and oxygen atoms in total. The lowest BCUT2D eigenvalue weighted by atomic mass is 10.3. The van der Waals surface area contributed by atoms with Gasteiger partial charge >= 0.3 is 0 Å². The average Bonchev–Trinajstić information content (AvgIpc) is 2.69. The first kappa shape index (κ1) is 24.7. The van der Waals surface area contributed by atoms with Crippen molar-refractivity contribution in [3.63, 3.8) is 0 Å². The number of benzene rings is 1. The van der Waals surface area contributed by atoms with Gasteiger partial charge < -0.3 is 5.32 Å². The first-order chi connectivity index (χ1) is 14.0. The quantitative estimate of drug-likeness (QED) is 0.558. The second-order valence-corrected chi connectivity index (χ2v) is 11.2. The van der Waals surface area contributed by atoms with Crippen molar-refractivity contribution >= 4 is 31.8 Å². The molecule has 0 aromatic heterocycles. The van der Waals surface area contributed by atoms with Gasteiger partial charge in [-0.2, -0.15) is 17.0 Å². The second-order valence-electron chi connectivity index (χ2n) is 7.13. The standard InChI is InChI=1S/C18H31N5O5S2/c1-5-22(6-2)30(27,28)23-12-10-21(11-13-23)15-18(24)19-16-8-7-9-17(14-16)29(25,26)20(3)4/h7-9,14H,5-6,10-13,15H2,1-4H3,(H,19,24). The molecule has 1 aromatic rings. The fraction of sp³-hybridized carbons (Fsp3) is 0.611. The third-order valence-corrected chi connectivity index (χ3v) is 8.95. The van der Waals surface area contributed by atoms with Crippen molar-refractivity contribution in [2.24, 2.45) is 0 Å². The van der Waals surface area contributed by atoms with Crippen molar-refractivity contribution in [3.05, 3.63) is 24.3 Å². The van der Waals surface area contributed by atoms with E-state index in [9.17, 15) is 21.6 Å². The molecule has 1 amide bonds. The summed E-state index contributed by atoms with van der Waals surface area (Å²) in [6, 6.07) is 6.09. The minimum absolute atomic E-state index is 0.0977. The Balaban J connectivity index is 1.94. The molecule has 170 valence electrons. The molecule has 1 aromatic carbocycles. The normalized spacial score (nSPS) is 16.9. The zero-order valence-electron chi connectivity index (χ0n) is 17.9. The van der Waals surface area contributed by atoms with Gasteiger partial charge in [-0.3, -0.25) is 9.69 Å². The van der Waals surface area contributed by atoms with Crippen LogP contribution in [-0.2, 0) is 25.0 Å². The van der Waals surface area contributed by atoms with Crippen LogP contribution in [0.2, 0.25) is 0 Å². The molecular formula is C18H31N5O5S2. The first-order valence-electron chi connectivity index (χ1n) is 9.82. The monoisotopic (exact) mass is 461 g/mol. The number of rotatable bonds is 9. The van der Waals surface area contributed by atoms with E-state index >= 15 is 0 Å². The van der Waals surface area contributed by atoms with Gasteiger partial charge in [-0.1, -0.05) is 19.9 Å². The fourth-order valence-corrected chi connectivity index (χ4v) is 5.73. The molecule has 0 unspecified atom stereocenters. The predicted molar refractivity (Wildman–Crippen MR) is 116 cm³/mol. The molecule has 0 bridgehead atoms. The number of carbonyl (C=O) groups excluding carboxylic acids is 1. The number of nitrogens with one attached hydrogen (secondary N) is 1. The van der Waals surface area contributed by atoms with Crippen LogP contribution in [0.5, 0.6) is 0 Å². The highest BCUT2D eigenvalue weighted by atomic mass is 32.2. The Morgan fingerprint density at radius 1 is 1.03 bits per heavy atom. The Hall–Kier alpha value is -1.57. The van der Waals surface area contributed by atoms with Crippen LogP contribution in [0.4, 0.5) is 5.69 Å². The van der Waals surface area contributed by atoms with E-state index in [4.69, 9.17) is 0 Å². The Bertz CT molecular complexity index is 937. The summed E-state index contributed by atoms with van der Waals surface area (Å²) >= 11 is 0. The molecule has 0 atom stereocenters. The van der Waals surface area contributed by atoms with E-state index in [1.54, 1.807) is 26.0 Å². The Morgan fingerprint density at radius 3 is 2.17 bits per heavy atom. The molecule has 1 heterocycles. The molecule has 0 saturated carbocycles. The van der Waals surface area contributed by atoms with Crippen molar-refractivity contribution in [1.29, 1.82) is 0 Å². The summed E-state index contributed by atoms with van der Waals surface area (Å²) < 4.78 is 53.6. The van der Waals surface area contributed by atoms with Gasteiger partial charge in [0.2, 0.25) is 15.9 Å². The van der Waals surface area contributed by atoms with Gasteiger partial charge in [0, 0.05) is 59.1 Å². The number of hydrogen-bond donors (Lipinski definition) is 1. The molecule has 30 heavy (non-hydrogen) atoms. The molecule has 0 spiro atoms. The number of anilines is 1. The fourth-order valence-electron chi connectivity index (χ4n) is 3.18. The summed E-state index contributed by atoms with van der Waals surface area (Å²) in [7, 11) is -4.17. The van der Waals surface area contributed by atoms with E-state index in [0.717, 1.165) is 4.31 Å².